The third kappa shape index (κ3) is 3.47. The van der Waals surface area contributed by atoms with Crippen molar-refractivity contribution >= 4 is 17.3 Å². The van der Waals surface area contributed by atoms with E-state index in [0.29, 0.717) is 6.04 Å². The SMILES string of the molecule is CC(=O)Nc1cc(NC2CCCOC2)ccc1C. The Labute approximate surface area is 108 Å². The average molecular weight is 248 g/mol. The highest BCUT2D eigenvalue weighted by atomic mass is 16.5. The Morgan fingerprint density at radius 2 is 2.28 bits per heavy atom. The lowest BCUT2D eigenvalue weighted by Crippen LogP contribution is -2.29. The summed E-state index contributed by atoms with van der Waals surface area (Å²) in [6, 6.07) is 6.39. The van der Waals surface area contributed by atoms with E-state index in [0.717, 1.165) is 43.0 Å². The molecule has 0 bridgehead atoms. The molecule has 2 N–H and O–H groups in total. The molecule has 1 aromatic carbocycles. The molecule has 0 radical (unpaired) electrons. The molecule has 4 nitrogen and oxygen atoms in total. The van der Waals surface area contributed by atoms with E-state index >= 15 is 0 Å². The summed E-state index contributed by atoms with van der Waals surface area (Å²) in [5.74, 6) is -0.0451. The fraction of sp³-hybridized carbons (Fsp3) is 0.500. The number of anilines is 2. The second-order valence-corrected chi connectivity index (χ2v) is 4.77. The highest BCUT2D eigenvalue weighted by Gasteiger charge is 2.13. The van der Waals surface area contributed by atoms with Gasteiger partial charge in [-0.2, -0.15) is 0 Å². The van der Waals surface area contributed by atoms with Gasteiger partial charge in [0.05, 0.1) is 6.61 Å². The van der Waals surface area contributed by atoms with Crippen LogP contribution in [-0.4, -0.2) is 25.2 Å². The standard InChI is InChI=1S/C14H20N2O2/c1-10-5-6-12(8-14(10)15-11(2)17)16-13-4-3-7-18-9-13/h5-6,8,13,16H,3-4,7,9H2,1-2H3,(H,15,17). The molecule has 1 heterocycles. The van der Waals surface area contributed by atoms with Crippen LogP contribution in [0.3, 0.4) is 0 Å². The Kier molecular flexibility index (Phi) is 4.20. The van der Waals surface area contributed by atoms with Gasteiger partial charge in [-0.05, 0) is 37.5 Å². The van der Waals surface area contributed by atoms with E-state index in [9.17, 15) is 4.79 Å². The predicted molar refractivity (Wildman–Crippen MR) is 72.9 cm³/mol. The minimum absolute atomic E-state index is 0.0451. The van der Waals surface area contributed by atoms with Crippen LogP contribution in [0.4, 0.5) is 11.4 Å². The quantitative estimate of drug-likeness (QED) is 0.864. The Morgan fingerprint density at radius 3 is 2.94 bits per heavy atom. The molecule has 2 rings (SSSR count). The average Bonchev–Trinajstić information content (AvgIpc) is 2.34. The first-order valence-corrected chi connectivity index (χ1v) is 6.37. The zero-order valence-corrected chi connectivity index (χ0v) is 11.0. The molecule has 0 aromatic heterocycles. The number of hydrogen-bond acceptors (Lipinski definition) is 3. The Hall–Kier alpha value is -1.55. The second kappa shape index (κ2) is 5.87. The highest BCUT2D eigenvalue weighted by Crippen LogP contribution is 2.22. The number of amides is 1. The van der Waals surface area contributed by atoms with E-state index in [1.807, 2.05) is 25.1 Å². The molecule has 1 saturated heterocycles. The lowest BCUT2D eigenvalue weighted by atomic mass is 10.1. The zero-order valence-electron chi connectivity index (χ0n) is 11.0. The van der Waals surface area contributed by atoms with Gasteiger partial charge in [0.15, 0.2) is 0 Å². The summed E-state index contributed by atoms with van der Waals surface area (Å²) in [7, 11) is 0. The smallest absolute Gasteiger partial charge is 0.221 e. The Morgan fingerprint density at radius 1 is 1.44 bits per heavy atom. The molecule has 18 heavy (non-hydrogen) atoms. The summed E-state index contributed by atoms with van der Waals surface area (Å²) in [6.45, 7) is 5.12. The number of aryl methyl sites for hydroxylation is 1. The third-order valence-electron chi connectivity index (χ3n) is 3.08. The normalized spacial score (nSPS) is 19.3. The van der Waals surface area contributed by atoms with Crippen molar-refractivity contribution in [2.75, 3.05) is 23.8 Å². The summed E-state index contributed by atoms with van der Waals surface area (Å²) in [4.78, 5) is 11.1. The number of ether oxygens (including phenoxy) is 1. The molecule has 1 atom stereocenters. The number of carbonyl (C=O) groups is 1. The minimum atomic E-state index is -0.0451. The van der Waals surface area contributed by atoms with Crippen molar-refractivity contribution in [2.45, 2.75) is 32.7 Å². The number of rotatable bonds is 3. The van der Waals surface area contributed by atoms with Crippen molar-refractivity contribution in [1.29, 1.82) is 0 Å². The van der Waals surface area contributed by atoms with Gasteiger partial charge in [0.25, 0.3) is 0 Å². The van der Waals surface area contributed by atoms with Crippen LogP contribution in [0.1, 0.15) is 25.3 Å². The molecule has 1 aliphatic heterocycles. The fourth-order valence-electron chi connectivity index (χ4n) is 2.13. The van der Waals surface area contributed by atoms with Crippen molar-refractivity contribution in [1.82, 2.24) is 0 Å². The first-order valence-electron chi connectivity index (χ1n) is 6.37. The van der Waals surface area contributed by atoms with Crippen LogP contribution in [0.25, 0.3) is 0 Å². The van der Waals surface area contributed by atoms with E-state index in [2.05, 4.69) is 10.6 Å². The molecule has 98 valence electrons. The van der Waals surface area contributed by atoms with Gasteiger partial charge >= 0.3 is 0 Å². The van der Waals surface area contributed by atoms with Crippen molar-refractivity contribution in [2.24, 2.45) is 0 Å². The van der Waals surface area contributed by atoms with E-state index in [4.69, 9.17) is 4.74 Å². The lowest BCUT2D eigenvalue weighted by molar-refractivity contribution is -0.114. The van der Waals surface area contributed by atoms with Crippen molar-refractivity contribution in [3.05, 3.63) is 23.8 Å². The molecule has 1 unspecified atom stereocenters. The minimum Gasteiger partial charge on any atom is -0.380 e. The number of hydrogen-bond donors (Lipinski definition) is 2. The topological polar surface area (TPSA) is 50.4 Å². The van der Waals surface area contributed by atoms with Crippen LogP contribution >= 0.6 is 0 Å². The first-order chi connectivity index (χ1) is 8.65. The van der Waals surface area contributed by atoms with Crippen LogP contribution in [0, 0.1) is 6.92 Å². The third-order valence-corrected chi connectivity index (χ3v) is 3.08. The van der Waals surface area contributed by atoms with Crippen LogP contribution < -0.4 is 10.6 Å². The van der Waals surface area contributed by atoms with Crippen LogP contribution in [0.5, 0.6) is 0 Å². The molecule has 0 spiro atoms. The fourth-order valence-corrected chi connectivity index (χ4v) is 2.13. The summed E-state index contributed by atoms with van der Waals surface area (Å²) < 4.78 is 5.44. The monoisotopic (exact) mass is 248 g/mol. The van der Waals surface area contributed by atoms with Gasteiger partial charge in [-0.1, -0.05) is 6.07 Å². The Balaban J connectivity index is 2.05. The maximum Gasteiger partial charge on any atom is 0.221 e. The maximum absolute atomic E-state index is 11.1. The van der Waals surface area contributed by atoms with Crippen LogP contribution in [-0.2, 0) is 9.53 Å². The summed E-state index contributed by atoms with van der Waals surface area (Å²) in [5.41, 5.74) is 2.96. The van der Waals surface area contributed by atoms with E-state index in [1.54, 1.807) is 0 Å². The molecule has 1 fully saturated rings. The van der Waals surface area contributed by atoms with Crippen molar-refractivity contribution < 1.29 is 9.53 Å². The maximum atomic E-state index is 11.1. The second-order valence-electron chi connectivity index (χ2n) is 4.77. The van der Waals surface area contributed by atoms with Gasteiger partial charge in [0.1, 0.15) is 0 Å². The Bertz CT molecular complexity index is 426. The van der Waals surface area contributed by atoms with Crippen LogP contribution in [0.2, 0.25) is 0 Å². The molecule has 0 saturated carbocycles. The zero-order chi connectivity index (χ0) is 13.0. The van der Waals surface area contributed by atoms with Gasteiger partial charge in [0, 0.05) is 30.9 Å². The molecular weight excluding hydrogens is 228 g/mol. The summed E-state index contributed by atoms with van der Waals surface area (Å²) >= 11 is 0. The van der Waals surface area contributed by atoms with Gasteiger partial charge in [-0.15, -0.1) is 0 Å². The molecule has 1 amide bonds. The van der Waals surface area contributed by atoms with Gasteiger partial charge in [-0.3, -0.25) is 4.79 Å². The van der Waals surface area contributed by atoms with Gasteiger partial charge in [0.2, 0.25) is 5.91 Å². The highest BCUT2D eigenvalue weighted by molar-refractivity contribution is 5.90. The lowest BCUT2D eigenvalue weighted by Gasteiger charge is -2.24. The summed E-state index contributed by atoms with van der Waals surface area (Å²) in [6.07, 6.45) is 2.23. The first kappa shape index (κ1) is 12.9. The number of nitrogens with one attached hydrogen (secondary N) is 2. The van der Waals surface area contributed by atoms with E-state index < -0.39 is 0 Å². The number of carbonyl (C=O) groups excluding carboxylic acids is 1. The van der Waals surface area contributed by atoms with Crippen molar-refractivity contribution in [3.63, 3.8) is 0 Å². The van der Waals surface area contributed by atoms with Crippen LogP contribution in [0.15, 0.2) is 18.2 Å². The predicted octanol–water partition coefficient (Wildman–Crippen LogP) is 2.54. The molecule has 1 aromatic rings. The number of benzene rings is 1. The van der Waals surface area contributed by atoms with E-state index in [1.165, 1.54) is 6.92 Å². The van der Waals surface area contributed by atoms with Crippen molar-refractivity contribution in [3.8, 4) is 0 Å². The molecular formula is C14H20N2O2. The largest absolute Gasteiger partial charge is 0.380 e. The summed E-state index contributed by atoms with van der Waals surface area (Å²) in [5, 5.41) is 6.29. The molecule has 4 heteroatoms. The van der Waals surface area contributed by atoms with Gasteiger partial charge < -0.3 is 15.4 Å². The van der Waals surface area contributed by atoms with E-state index in [-0.39, 0.29) is 5.91 Å². The van der Waals surface area contributed by atoms with Gasteiger partial charge in [-0.25, -0.2) is 0 Å². The molecule has 1 aliphatic rings. The molecule has 0 aliphatic carbocycles.